The summed E-state index contributed by atoms with van der Waals surface area (Å²) in [6.45, 7) is 3.94. The van der Waals surface area contributed by atoms with Gasteiger partial charge < -0.3 is 5.32 Å². The van der Waals surface area contributed by atoms with Crippen molar-refractivity contribution in [3.8, 4) is 0 Å². The van der Waals surface area contributed by atoms with Gasteiger partial charge in [-0.3, -0.25) is 14.9 Å². The second kappa shape index (κ2) is 11.1. The number of hydrogen-bond acceptors (Lipinski definition) is 6. The molecule has 2 N–H and O–H groups in total. The van der Waals surface area contributed by atoms with Gasteiger partial charge in [0.05, 0.1) is 5.75 Å². The predicted molar refractivity (Wildman–Crippen MR) is 139 cm³/mol. The lowest BCUT2D eigenvalue weighted by Crippen LogP contribution is -2.14. The normalized spacial score (nSPS) is 10.6. The molecular formula is C26H24N4O2S2. The summed E-state index contributed by atoms with van der Waals surface area (Å²) < 4.78 is 0.615. The molecule has 0 bridgehead atoms. The van der Waals surface area contributed by atoms with E-state index in [0.717, 1.165) is 28.8 Å². The van der Waals surface area contributed by atoms with Gasteiger partial charge in [0.2, 0.25) is 11.0 Å². The quantitative estimate of drug-likeness (QED) is 0.244. The minimum Gasteiger partial charge on any atom is -0.325 e. The lowest BCUT2D eigenvalue weighted by molar-refractivity contribution is -0.113. The van der Waals surface area contributed by atoms with Crippen LogP contribution in [0, 0.1) is 13.8 Å². The zero-order chi connectivity index (χ0) is 23.9. The van der Waals surface area contributed by atoms with Gasteiger partial charge in [0.25, 0.3) is 5.91 Å². The van der Waals surface area contributed by atoms with E-state index in [4.69, 9.17) is 0 Å². The number of hydrogen-bond donors (Lipinski definition) is 2. The fraction of sp³-hybridized carbons (Fsp3) is 0.154. The van der Waals surface area contributed by atoms with Crippen molar-refractivity contribution in [3.63, 3.8) is 0 Å². The van der Waals surface area contributed by atoms with E-state index in [1.165, 1.54) is 28.7 Å². The summed E-state index contributed by atoms with van der Waals surface area (Å²) in [5.74, 6) is -0.152. The van der Waals surface area contributed by atoms with Crippen molar-refractivity contribution >= 4 is 45.7 Å². The van der Waals surface area contributed by atoms with Gasteiger partial charge in [0.15, 0.2) is 4.34 Å². The smallest absolute Gasteiger partial charge is 0.257 e. The average Bonchev–Trinajstić information content (AvgIpc) is 3.28. The van der Waals surface area contributed by atoms with Gasteiger partial charge in [0, 0.05) is 11.3 Å². The maximum Gasteiger partial charge on any atom is 0.257 e. The van der Waals surface area contributed by atoms with Crippen molar-refractivity contribution in [1.29, 1.82) is 0 Å². The van der Waals surface area contributed by atoms with Crippen molar-refractivity contribution in [1.82, 2.24) is 10.2 Å². The summed E-state index contributed by atoms with van der Waals surface area (Å²) in [6, 6.07) is 23.7. The Labute approximate surface area is 206 Å². The highest BCUT2D eigenvalue weighted by atomic mass is 32.2. The third kappa shape index (κ3) is 6.52. The third-order valence-corrected chi connectivity index (χ3v) is 7.06. The number of aromatic nitrogens is 2. The van der Waals surface area contributed by atoms with Crippen LogP contribution in [0.4, 0.5) is 10.8 Å². The molecule has 4 rings (SSSR count). The number of rotatable bonds is 8. The summed E-state index contributed by atoms with van der Waals surface area (Å²) in [6.07, 6.45) is 0.816. The first-order chi connectivity index (χ1) is 16.5. The van der Waals surface area contributed by atoms with Crippen molar-refractivity contribution in [2.24, 2.45) is 0 Å². The number of aryl methyl sites for hydroxylation is 2. The first-order valence-electron chi connectivity index (χ1n) is 10.7. The second-order valence-electron chi connectivity index (χ2n) is 7.84. The minimum absolute atomic E-state index is 0.116. The molecule has 1 aromatic heterocycles. The van der Waals surface area contributed by atoms with Crippen LogP contribution in [0.2, 0.25) is 0 Å². The maximum absolute atomic E-state index is 12.6. The first kappa shape index (κ1) is 23.7. The van der Waals surface area contributed by atoms with Gasteiger partial charge in [-0.15, -0.1) is 10.2 Å². The van der Waals surface area contributed by atoms with E-state index < -0.39 is 0 Å². The largest absolute Gasteiger partial charge is 0.325 e. The van der Waals surface area contributed by atoms with Gasteiger partial charge in [0.1, 0.15) is 0 Å². The van der Waals surface area contributed by atoms with E-state index in [2.05, 4.69) is 33.0 Å². The number of anilines is 2. The van der Waals surface area contributed by atoms with Crippen molar-refractivity contribution < 1.29 is 9.59 Å². The number of amides is 2. The molecule has 172 valence electrons. The van der Waals surface area contributed by atoms with Crippen molar-refractivity contribution in [2.45, 2.75) is 24.6 Å². The molecule has 0 saturated carbocycles. The Hall–Kier alpha value is -3.49. The van der Waals surface area contributed by atoms with Crippen LogP contribution < -0.4 is 10.6 Å². The first-order valence-corrected chi connectivity index (χ1v) is 12.5. The average molecular weight is 489 g/mol. The summed E-state index contributed by atoms with van der Waals surface area (Å²) in [4.78, 5) is 24.9. The Kier molecular flexibility index (Phi) is 7.72. The highest BCUT2D eigenvalue weighted by molar-refractivity contribution is 8.01. The zero-order valence-electron chi connectivity index (χ0n) is 18.9. The molecule has 8 heteroatoms. The standard InChI is InChI=1S/C26H24N4O2S2/c1-17-8-9-18(2)22(14-17)27-23(31)16-33-26-30-29-25(34-26)28-24(32)21-12-10-20(11-13-21)15-19-6-4-3-5-7-19/h3-14H,15-16H2,1-2H3,(H,27,31)(H,28,29,32). The minimum atomic E-state index is -0.244. The fourth-order valence-corrected chi connectivity index (χ4v) is 4.82. The monoisotopic (exact) mass is 488 g/mol. The number of carbonyl (C=O) groups is 2. The zero-order valence-corrected chi connectivity index (χ0v) is 20.5. The third-order valence-electron chi connectivity index (χ3n) is 5.09. The van der Waals surface area contributed by atoms with Crippen molar-refractivity contribution in [3.05, 3.63) is 101 Å². The molecule has 4 aromatic rings. The van der Waals surface area contributed by atoms with Crippen LogP contribution >= 0.6 is 23.1 Å². The molecular weight excluding hydrogens is 464 g/mol. The molecule has 0 atom stereocenters. The molecule has 0 aliphatic heterocycles. The molecule has 0 unspecified atom stereocenters. The van der Waals surface area contributed by atoms with Crippen LogP contribution in [0.1, 0.15) is 32.6 Å². The number of benzene rings is 3. The van der Waals surface area contributed by atoms with Crippen LogP contribution in [0.5, 0.6) is 0 Å². The van der Waals surface area contributed by atoms with Gasteiger partial charge in [-0.2, -0.15) is 0 Å². The Morgan fingerprint density at radius 3 is 2.38 bits per heavy atom. The van der Waals surface area contributed by atoms with Crippen LogP contribution in [-0.4, -0.2) is 27.8 Å². The van der Waals surface area contributed by atoms with E-state index in [1.54, 1.807) is 0 Å². The summed E-state index contributed by atoms with van der Waals surface area (Å²) in [5.41, 5.74) is 5.82. The maximum atomic E-state index is 12.6. The number of thioether (sulfide) groups is 1. The Bertz CT molecular complexity index is 1290. The van der Waals surface area contributed by atoms with Gasteiger partial charge in [-0.1, -0.05) is 77.7 Å². The molecule has 1 heterocycles. The molecule has 0 saturated heterocycles. The van der Waals surface area contributed by atoms with Crippen LogP contribution in [0.15, 0.2) is 77.1 Å². The Balaban J connectivity index is 1.28. The summed E-state index contributed by atoms with van der Waals surface area (Å²) in [7, 11) is 0. The summed E-state index contributed by atoms with van der Waals surface area (Å²) in [5, 5.41) is 14.2. The molecule has 0 aliphatic rings. The van der Waals surface area contributed by atoms with E-state index in [9.17, 15) is 9.59 Å². The lowest BCUT2D eigenvalue weighted by Gasteiger charge is -2.08. The van der Waals surface area contributed by atoms with Gasteiger partial charge >= 0.3 is 0 Å². The molecule has 0 radical (unpaired) electrons. The fourth-order valence-electron chi connectivity index (χ4n) is 3.28. The number of nitrogens with one attached hydrogen (secondary N) is 2. The molecule has 6 nitrogen and oxygen atoms in total. The van der Waals surface area contributed by atoms with Crippen LogP contribution in [-0.2, 0) is 11.2 Å². The van der Waals surface area contributed by atoms with Crippen LogP contribution in [0.25, 0.3) is 0 Å². The molecule has 34 heavy (non-hydrogen) atoms. The van der Waals surface area contributed by atoms with Gasteiger partial charge in [-0.25, -0.2) is 0 Å². The van der Waals surface area contributed by atoms with E-state index in [0.29, 0.717) is 15.0 Å². The molecule has 0 spiro atoms. The number of nitrogens with zero attached hydrogens (tertiary/aromatic N) is 2. The molecule has 3 aromatic carbocycles. The highest BCUT2D eigenvalue weighted by Crippen LogP contribution is 2.26. The highest BCUT2D eigenvalue weighted by Gasteiger charge is 2.13. The predicted octanol–water partition coefficient (Wildman–Crippen LogP) is 5.73. The van der Waals surface area contributed by atoms with Gasteiger partial charge in [-0.05, 0) is 60.7 Å². The van der Waals surface area contributed by atoms with E-state index in [1.807, 2.05) is 74.5 Å². The number of carbonyl (C=O) groups excluding carboxylic acids is 2. The molecule has 0 aliphatic carbocycles. The topological polar surface area (TPSA) is 84.0 Å². The lowest BCUT2D eigenvalue weighted by atomic mass is 10.0. The molecule has 0 fully saturated rings. The van der Waals surface area contributed by atoms with Crippen LogP contribution in [0.3, 0.4) is 0 Å². The van der Waals surface area contributed by atoms with E-state index in [-0.39, 0.29) is 17.6 Å². The Morgan fingerprint density at radius 1 is 0.882 bits per heavy atom. The van der Waals surface area contributed by atoms with E-state index >= 15 is 0 Å². The second-order valence-corrected chi connectivity index (χ2v) is 10.0. The summed E-state index contributed by atoms with van der Waals surface area (Å²) >= 11 is 2.53. The Morgan fingerprint density at radius 2 is 1.62 bits per heavy atom. The molecule has 2 amide bonds. The SMILES string of the molecule is Cc1ccc(C)c(NC(=O)CSc2nnc(NC(=O)c3ccc(Cc4ccccc4)cc3)s2)c1. The van der Waals surface area contributed by atoms with Crippen molar-refractivity contribution in [2.75, 3.05) is 16.4 Å².